The van der Waals surface area contributed by atoms with E-state index in [0.29, 0.717) is 23.0 Å². The van der Waals surface area contributed by atoms with Gasteiger partial charge in [-0.2, -0.15) is 0 Å². The molecular weight excluding hydrogens is 372 g/mol. The van der Waals surface area contributed by atoms with Crippen LogP contribution in [0.2, 0.25) is 5.02 Å². The second-order valence-electron chi connectivity index (χ2n) is 6.52. The molecule has 0 bridgehead atoms. The van der Waals surface area contributed by atoms with E-state index >= 15 is 0 Å². The van der Waals surface area contributed by atoms with Crippen LogP contribution in [-0.2, 0) is 6.54 Å². The van der Waals surface area contributed by atoms with Crippen molar-refractivity contribution in [2.45, 2.75) is 6.54 Å². The molecule has 0 atom stereocenters. The molecule has 5 rings (SSSR count). The summed E-state index contributed by atoms with van der Waals surface area (Å²) in [7, 11) is 0. The monoisotopic (exact) mass is 386 g/mol. The Bertz CT molecular complexity index is 1370. The molecule has 0 spiro atoms. The Morgan fingerprint density at radius 3 is 2.50 bits per heavy atom. The molecule has 0 N–H and O–H groups in total. The maximum atomic E-state index is 13.0. The van der Waals surface area contributed by atoms with Gasteiger partial charge < -0.3 is 4.57 Å². The average molecular weight is 387 g/mol. The van der Waals surface area contributed by atoms with E-state index in [2.05, 4.69) is 4.98 Å². The molecule has 0 unspecified atom stereocenters. The summed E-state index contributed by atoms with van der Waals surface area (Å²) in [5.41, 5.74) is 3.99. The Morgan fingerprint density at radius 1 is 0.929 bits per heavy atom. The number of halogens is 1. The van der Waals surface area contributed by atoms with Gasteiger partial charge in [0.25, 0.3) is 5.56 Å². The zero-order valence-corrected chi connectivity index (χ0v) is 15.5. The van der Waals surface area contributed by atoms with E-state index in [1.54, 1.807) is 22.9 Å². The van der Waals surface area contributed by atoms with Gasteiger partial charge in [0.2, 0.25) is 5.78 Å². The Hall–Kier alpha value is -3.44. The molecule has 0 saturated heterocycles. The van der Waals surface area contributed by atoms with Crippen molar-refractivity contribution in [2.75, 3.05) is 0 Å². The molecule has 0 saturated carbocycles. The maximum absolute atomic E-state index is 13.0. The third-order valence-corrected chi connectivity index (χ3v) is 5.17. The number of hydrogen-bond acceptors (Lipinski definition) is 3. The minimum Gasteiger partial charge on any atom is -0.305 e. The topological polar surface area (TPSA) is 52.2 Å². The van der Waals surface area contributed by atoms with Crippen LogP contribution in [0.25, 0.3) is 28.1 Å². The molecule has 0 aliphatic rings. The summed E-state index contributed by atoms with van der Waals surface area (Å²) in [6, 6.07) is 20.8. The smallest absolute Gasteiger partial charge is 0.260 e. The standard InChI is InChI=1S/C22H15ClN4O/c23-17-8-2-1-6-16(17)14-26-19-9-3-4-10-20(19)27-21(28)12-18(25-22(26)27)15-7-5-11-24-13-15/h1-13H,14H2. The number of hydrogen-bond donors (Lipinski definition) is 0. The average Bonchev–Trinajstić information content (AvgIpc) is 3.04. The molecule has 5 nitrogen and oxygen atoms in total. The number of para-hydroxylation sites is 2. The van der Waals surface area contributed by atoms with Crippen molar-refractivity contribution in [2.24, 2.45) is 0 Å². The third kappa shape index (κ3) is 2.68. The maximum Gasteiger partial charge on any atom is 0.260 e. The van der Waals surface area contributed by atoms with Crippen LogP contribution in [0, 0.1) is 0 Å². The van der Waals surface area contributed by atoms with Crippen molar-refractivity contribution in [3.05, 3.63) is 100 Å². The van der Waals surface area contributed by atoms with Crippen LogP contribution >= 0.6 is 11.6 Å². The summed E-state index contributed by atoms with van der Waals surface area (Å²) in [5.74, 6) is 0.576. The number of pyridine rings is 1. The minimum absolute atomic E-state index is 0.127. The first-order valence-electron chi connectivity index (χ1n) is 8.87. The number of rotatable bonds is 3. The van der Waals surface area contributed by atoms with Gasteiger partial charge in [-0.15, -0.1) is 0 Å². The van der Waals surface area contributed by atoms with Crippen LogP contribution in [0.5, 0.6) is 0 Å². The Labute approximate surface area is 165 Å². The molecular formula is C22H15ClN4O. The molecule has 136 valence electrons. The van der Waals surface area contributed by atoms with Crippen molar-refractivity contribution in [1.29, 1.82) is 0 Å². The highest BCUT2D eigenvalue weighted by Gasteiger charge is 2.16. The molecule has 0 aliphatic carbocycles. The number of fused-ring (bicyclic) bond motifs is 3. The molecule has 0 amide bonds. The van der Waals surface area contributed by atoms with Gasteiger partial charge in [-0.3, -0.25) is 9.78 Å². The fourth-order valence-corrected chi connectivity index (χ4v) is 3.68. The van der Waals surface area contributed by atoms with Crippen LogP contribution in [0.15, 0.2) is 83.9 Å². The first kappa shape index (κ1) is 16.7. The van der Waals surface area contributed by atoms with E-state index in [0.717, 1.165) is 22.2 Å². The SMILES string of the molecule is O=c1cc(-c2cccnc2)nc2n(Cc3ccccc3Cl)c3ccccc3n12. The summed E-state index contributed by atoms with van der Waals surface area (Å²) in [4.78, 5) is 21.9. The normalized spacial score (nSPS) is 11.3. The summed E-state index contributed by atoms with van der Waals surface area (Å²) in [6.45, 7) is 0.514. The summed E-state index contributed by atoms with van der Waals surface area (Å²) in [5, 5.41) is 0.684. The first-order valence-corrected chi connectivity index (χ1v) is 9.25. The van der Waals surface area contributed by atoms with Crippen LogP contribution < -0.4 is 5.56 Å². The molecule has 0 radical (unpaired) electrons. The predicted octanol–water partition coefficient (Wildman–Crippen LogP) is 4.41. The van der Waals surface area contributed by atoms with Crippen LogP contribution in [0.3, 0.4) is 0 Å². The van der Waals surface area contributed by atoms with E-state index in [9.17, 15) is 4.79 Å². The van der Waals surface area contributed by atoms with Gasteiger partial charge in [-0.25, -0.2) is 9.38 Å². The largest absolute Gasteiger partial charge is 0.305 e. The van der Waals surface area contributed by atoms with Crippen LogP contribution in [-0.4, -0.2) is 18.9 Å². The second-order valence-corrected chi connectivity index (χ2v) is 6.93. The molecule has 3 aromatic heterocycles. The fraction of sp³-hybridized carbons (Fsp3) is 0.0455. The predicted molar refractivity (Wildman–Crippen MR) is 111 cm³/mol. The molecule has 0 fully saturated rings. The van der Waals surface area contributed by atoms with E-state index < -0.39 is 0 Å². The lowest BCUT2D eigenvalue weighted by Gasteiger charge is -2.08. The van der Waals surface area contributed by atoms with Gasteiger partial charge in [0, 0.05) is 29.0 Å². The van der Waals surface area contributed by atoms with Crippen molar-refractivity contribution in [1.82, 2.24) is 18.9 Å². The first-order chi connectivity index (χ1) is 13.7. The molecule has 5 aromatic rings. The molecule has 2 aromatic carbocycles. The van der Waals surface area contributed by atoms with Gasteiger partial charge in [-0.1, -0.05) is 41.9 Å². The number of aromatic nitrogens is 4. The van der Waals surface area contributed by atoms with Crippen molar-refractivity contribution in [3.63, 3.8) is 0 Å². The van der Waals surface area contributed by atoms with Gasteiger partial charge >= 0.3 is 0 Å². The van der Waals surface area contributed by atoms with Crippen molar-refractivity contribution >= 4 is 28.4 Å². The van der Waals surface area contributed by atoms with Gasteiger partial charge in [0.1, 0.15) is 0 Å². The Morgan fingerprint density at radius 2 is 1.71 bits per heavy atom. The highest BCUT2D eigenvalue weighted by atomic mass is 35.5. The zero-order chi connectivity index (χ0) is 19.1. The van der Waals surface area contributed by atoms with E-state index in [-0.39, 0.29) is 5.56 Å². The van der Waals surface area contributed by atoms with Gasteiger partial charge in [0.15, 0.2) is 0 Å². The summed E-state index contributed by atoms with van der Waals surface area (Å²) in [6.07, 6.45) is 3.41. The van der Waals surface area contributed by atoms with E-state index in [1.165, 1.54) is 0 Å². The summed E-state index contributed by atoms with van der Waals surface area (Å²) >= 11 is 6.39. The Balaban J connectivity index is 1.83. The molecule has 28 heavy (non-hydrogen) atoms. The molecule has 0 aliphatic heterocycles. The number of benzene rings is 2. The lowest BCUT2D eigenvalue weighted by molar-refractivity contribution is 0.834. The molecule has 6 heteroatoms. The summed E-state index contributed by atoms with van der Waals surface area (Å²) < 4.78 is 3.67. The fourth-order valence-electron chi connectivity index (χ4n) is 3.48. The van der Waals surface area contributed by atoms with E-state index in [1.807, 2.05) is 65.2 Å². The van der Waals surface area contributed by atoms with Crippen LogP contribution in [0.4, 0.5) is 0 Å². The quantitative estimate of drug-likeness (QED) is 0.461. The minimum atomic E-state index is -0.127. The Kier molecular flexibility index (Phi) is 3.95. The van der Waals surface area contributed by atoms with Crippen molar-refractivity contribution in [3.8, 4) is 11.3 Å². The third-order valence-electron chi connectivity index (χ3n) is 4.80. The van der Waals surface area contributed by atoms with Crippen LogP contribution in [0.1, 0.15) is 5.56 Å². The van der Waals surface area contributed by atoms with Gasteiger partial charge in [-0.05, 0) is 35.9 Å². The van der Waals surface area contributed by atoms with E-state index in [4.69, 9.17) is 16.6 Å². The second kappa shape index (κ2) is 6.62. The highest BCUT2D eigenvalue weighted by molar-refractivity contribution is 6.31. The lowest BCUT2D eigenvalue weighted by atomic mass is 10.2. The number of imidazole rings is 1. The zero-order valence-electron chi connectivity index (χ0n) is 14.8. The lowest BCUT2D eigenvalue weighted by Crippen LogP contribution is -2.15. The van der Waals surface area contributed by atoms with Gasteiger partial charge in [0.05, 0.1) is 23.3 Å². The molecule has 3 heterocycles. The number of nitrogens with zero attached hydrogens (tertiary/aromatic N) is 4. The highest BCUT2D eigenvalue weighted by Crippen LogP contribution is 2.24. The van der Waals surface area contributed by atoms with Crippen molar-refractivity contribution < 1.29 is 0 Å².